The molecule has 2 bridgehead atoms. The third kappa shape index (κ3) is 2.71. The van der Waals surface area contributed by atoms with Crippen LogP contribution in [0.4, 0.5) is 0 Å². The zero-order valence-electron chi connectivity index (χ0n) is 11.1. The maximum absolute atomic E-state index is 12.1. The van der Waals surface area contributed by atoms with E-state index in [2.05, 4.69) is 5.32 Å². The molecule has 3 aliphatic carbocycles. The molecule has 18 heavy (non-hydrogen) atoms. The molecule has 0 aromatic heterocycles. The van der Waals surface area contributed by atoms with Crippen LogP contribution in [0, 0.1) is 17.8 Å². The minimum atomic E-state index is -0.135. The van der Waals surface area contributed by atoms with Gasteiger partial charge in [0.25, 0.3) is 0 Å². The summed E-state index contributed by atoms with van der Waals surface area (Å²) in [5.41, 5.74) is 0. The van der Waals surface area contributed by atoms with Crippen LogP contribution in [-0.2, 0) is 4.79 Å². The van der Waals surface area contributed by atoms with E-state index >= 15 is 0 Å². The zero-order valence-corrected chi connectivity index (χ0v) is 11.1. The Bertz CT molecular complexity index is 310. The van der Waals surface area contributed by atoms with Crippen LogP contribution >= 0.6 is 0 Å². The van der Waals surface area contributed by atoms with Gasteiger partial charge in [-0.2, -0.15) is 0 Å². The lowest BCUT2D eigenvalue weighted by Crippen LogP contribution is -2.39. The number of carbonyl (C=O) groups is 1. The number of amides is 1. The number of hydrogen-bond acceptors (Lipinski definition) is 2. The number of aliphatic hydroxyl groups excluding tert-OH is 1. The molecular weight excluding hydrogens is 226 g/mol. The second kappa shape index (κ2) is 5.20. The number of nitrogens with one attached hydrogen (secondary N) is 1. The summed E-state index contributed by atoms with van der Waals surface area (Å²) < 4.78 is 0. The van der Waals surface area contributed by atoms with E-state index < -0.39 is 0 Å². The van der Waals surface area contributed by atoms with Crippen LogP contribution in [0.15, 0.2) is 0 Å². The van der Waals surface area contributed by atoms with E-state index in [1.165, 1.54) is 25.7 Å². The van der Waals surface area contributed by atoms with Crippen molar-refractivity contribution in [2.75, 3.05) is 0 Å². The molecule has 3 heteroatoms. The Labute approximate surface area is 109 Å². The van der Waals surface area contributed by atoms with Crippen molar-refractivity contribution in [3.05, 3.63) is 0 Å². The fraction of sp³-hybridized carbons (Fsp3) is 0.933. The van der Waals surface area contributed by atoms with Gasteiger partial charge >= 0.3 is 0 Å². The molecule has 0 heterocycles. The topological polar surface area (TPSA) is 49.3 Å². The van der Waals surface area contributed by atoms with E-state index in [-0.39, 0.29) is 12.0 Å². The molecular formula is C15H25NO2. The van der Waals surface area contributed by atoms with Gasteiger partial charge in [0.05, 0.1) is 6.10 Å². The van der Waals surface area contributed by atoms with Gasteiger partial charge in [-0.15, -0.1) is 0 Å². The standard InChI is InChI=1S/C15H25NO2/c17-14-5-3-13(4-6-14)16-15(18)9-12-8-10-1-2-11(12)7-10/h10-14,17H,1-9H2,(H,16,18)/t10-,11+,12-,13?,14?/m0/s1. The lowest BCUT2D eigenvalue weighted by molar-refractivity contribution is -0.123. The van der Waals surface area contributed by atoms with E-state index in [9.17, 15) is 9.90 Å². The van der Waals surface area contributed by atoms with Crippen molar-refractivity contribution in [3.8, 4) is 0 Å². The highest BCUT2D eigenvalue weighted by Crippen LogP contribution is 2.49. The van der Waals surface area contributed by atoms with Crippen molar-refractivity contribution in [2.24, 2.45) is 17.8 Å². The summed E-state index contributed by atoms with van der Waals surface area (Å²) >= 11 is 0. The van der Waals surface area contributed by atoms with Gasteiger partial charge in [-0.3, -0.25) is 4.79 Å². The molecule has 3 saturated carbocycles. The molecule has 0 aromatic carbocycles. The highest BCUT2D eigenvalue weighted by Gasteiger charge is 2.40. The van der Waals surface area contributed by atoms with E-state index in [1.807, 2.05) is 0 Å². The average Bonchev–Trinajstić information content (AvgIpc) is 2.94. The Morgan fingerprint density at radius 3 is 2.44 bits per heavy atom. The summed E-state index contributed by atoms with van der Waals surface area (Å²) in [6.45, 7) is 0. The Hall–Kier alpha value is -0.570. The maximum Gasteiger partial charge on any atom is 0.220 e. The predicted molar refractivity (Wildman–Crippen MR) is 70.0 cm³/mol. The molecule has 102 valence electrons. The number of hydrogen-bond donors (Lipinski definition) is 2. The Kier molecular flexibility index (Phi) is 3.60. The van der Waals surface area contributed by atoms with Gasteiger partial charge in [0.1, 0.15) is 0 Å². The van der Waals surface area contributed by atoms with Gasteiger partial charge in [-0.05, 0) is 62.7 Å². The van der Waals surface area contributed by atoms with E-state index in [0.717, 1.165) is 43.9 Å². The Balaban J connectivity index is 1.42. The van der Waals surface area contributed by atoms with Crippen molar-refractivity contribution in [2.45, 2.75) is 69.9 Å². The normalized spacial score (nSPS) is 43.1. The minimum Gasteiger partial charge on any atom is -0.393 e. The molecule has 3 nitrogen and oxygen atoms in total. The summed E-state index contributed by atoms with van der Waals surface area (Å²) in [7, 11) is 0. The number of rotatable bonds is 3. The van der Waals surface area contributed by atoms with Crippen LogP contribution in [0.1, 0.15) is 57.8 Å². The van der Waals surface area contributed by atoms with Crippen LogP contribution in [0.3, 0.4) is 0 Å². The molecule has 1 amide bonds. The van der Waals surface area contributed by atoms with Crippen molar-refractivity contribution in [1.29, 1.82) is 0 Å². The van der Waals surface area contributed by atoms with Crippen LogP contribution in [-0.4, -0.2) is 23.2 Å². The van der Waals surface area contributed by atoms with Gasteiger partial charge in [0.2, 0.25) is 5.91 Å². The lowest BCUT2D eigenvalue weighted by atomic mass is 9.86. The third-order valence-electron chi connectivity index (χ3n) is 5.39. The van der Waals surface area contributed by atoms with Gasteiger partial charge in [-0.1, -0.05) is 6.42 Å². The molecule has 0 aromatic rings. The van der Waals surface area contributed by atoms with Crippen LogP contribution in [0.25, 0.3) is 0 Å². The first-order valence-electron chi connectivity index (χ1n) is 7.68. The van der Waals surface area contributed by atoms with Crippen molar-refractivity contribution < 1.29 is 9.90 Å². The first-order chi connectivity index (χ1) is 8.70. The van der Waals surface area contributed by atoms with Crippen molar-refractivity contribution in [3.63, 3.8) is 0 Å². The maximum atomic E-state index is 12.1. The van der Waals surface area contributed by atoms with Crippen LogP contribution < -0.4 is 5.32 Å². The SMILES string of the molecule is O=C(C[C@@H]1C[C@H]2CC[C@@H]1C2)NC1CCC(O)CC1. The molecule has 3 rings (SSSR count). The van der Waals surface area contributed by atoms with E-state index in [1.54, 1.807) is 0 Å². The molecule has 0 unspecified atom stereocenters. The molecule has 0 saturated heterocycles. The summed E-state index contributed by atoms with van der Waals surface area (Å²) in [5, 5.41) is 12.6. The summed E-state index contributed by atoms with van der Waals surface area (Å²) in [5.74, 6) is 2.69. The van der Waals surface area contributed by atoms with Gasteiger partial charge in [0.15, 0.2) is 0 Å². The summed E-state index contributed by atoms with van der Waals surface area (Å²) in [6, 6.07) is 0.319. The lowest BCUT2D eigenvalue weighted by Gasteiger charge is -2.27. The number of fused-ring (bicyclic) bond motifs is 2. The summed E-state index contributed by atoms with van der Waals surface area (Å²) in [6.07, 6.45) is 9.64. The first-order valence-corrected chi connectivity index (χ1v) is 7.68. The van der Waals surface area contributed by atoms with Crippen LogP contribution in [0.2, 0.25) is 0 Å². The molecule has 3 aliphatic rings. The third-order valence-corrected chi connectivity index (χ3v) is 5.39. The zero-order chi connectivity index (χ0) is 12.5. The van der Waals surface area contributed by atoms with Crippen molar-refractivity contribution >= 4 is 5.91 Å². The molecule has 0 radical (unpaired) electrons. The van der Waals surface area contributed by atoms with Crippen molar-refractivity contribution in [1.82, 2.24) is 5.32 Å². The largest absolute Gasteiger partial charge is 0.393 e. The monoisotopic (exact) mass is 251 g/mol. The summed E-state index contributed by atoms with van der Waals surface area (Å²) in [4.78, 5) is 12.1. The predicted octanol–water partition coefficient (Wildman–Crippen LogP) is 2.23. The smallest absolute Gasteiger partial charge is 0.220 e. The molecule has 0 aliphatic heterocycles. The minimum absolute atomic E-state index is 0.135. The highest BCUT2D eigenvalue weighted by molar-refractivity contribution is 5.76. The Morgan fingerprint density at radius 1 is 1.06 bits per heavy atom. The van der Waals surface area contributed by atoms with Gasteiger partial charge in [0, 0.05) is 12.5 Å². The molecule has 3 atom stereocenters. The molecule has 3 fully saturated rings. The van der Waals surface area contributed by atoms with Gasteiger partial charge in [-0.25, -0.2) is 0 Å². The average molecular weight is 251 g/mol. The fourth-order valence-electron chi connectivity index (χ4n) is 4.37. The van der Waals surface area contributed by atoms with E-state index in [0.29, 0.717) is 12.0 Å². The van der Waals surface area contributed by atoms with Gasteiger partial charge < -0.3 is 10.4 Å². The highest BCUT2D eigenvalue weighted by atomic mass is 16.3. The number of carbonyl (C=O) groups excluding carboxylic acids is 1. The number of aliphatic hydroxyl groups is 1. The first kappa shape index (κ1) is 12.5. The molecule has 0 spiro atoms. The Morgan fingerprint density at radius 2 is 1.83 bits per heavy atom. The second-order valence-electron chi connectivity index (χ2n) is 6.71. The second-order valence-corrected chi connectivity index (χ2v) is 6.71. The van der Waals surface area contributed by atoms with E-state index in [4.69, 9.17) is 0 Å². The molecule has 2 N–H and O–H groups in total. The van der Waals surface area contributed by atoms with Crippen LogP contribution in [0.5, 0.6) is 0 Å². The quantitative estimate of drug-likeness (QED) is 0.808. The fourth-order valence-corrected chi connectivity index (χ4v) is 4.37.